The van der Waals surface area contributed by atoms with Crippen LogP contribution in [-0.4, -0.2) is 17.0 Å². The Morgan fingerprint density at radius 3 is 2.65 bits per heavy atom. The summed E-state index contributed by atoms with van der Waals surface area (Å²) in [6.45, 7) is 1.88. The average Bonchev–Trinajstić information content (AvgIpc) is 2.23. The van der Waals surface area contributed by atoms with Crippen LogP contribution < -0.4 is 5.32 Å². The first-order valence-corrected chi connectivity index (χ1v) is 5.64. The number of aryl methyl sites for hydroxylation is 1. The molecule has 0 unspecified atom stereocenters. The van der Waals surface area contributed by atoms with Crippen LogP contribution in [0.2, 0.25) is 5.02 Å². The molecule has 1 aromatic carbocycles. The number of halogens is 1. The molecule has 0 spiro atoms. The van der Waals surface area contributed by atoms with Crippen molar-refractivity contribution in [1.29, 1.82) is 0 Å². The van der Waals surface area contributed by atoms with E-state index in [4.69, 9.17) is 16.7 Å². The molecule has 0 heterocycles. The summed E-state index contributed by atoms with van der Waals surface area (Å²) in [4.78, 5) is 21.7. The minimum atomic E-state index is -0.892. The monoisotopic (exact) mass is 255 g/mol. The molecule has 0 aliphatic carbocycles. The molecule has 2 N–H and O–H groups in total. The summed E-state index contributed by atoms with van der Waals surface area (Å²) in [6.07, 6.45) is 0.528. The van der Waals surface area contributed by atoms with Gasteiger partial charge in [0.25, 0.3) is 0 Å². The summed E-state index contributed by atoms with van der Waals surface area (Å²) in [5, 5.41) is 11.7. The second-order valence-corrected chi connectivity index (χ2v) is 4.17. The number of carbonyl (C=O) groups excluding carboxylic acids is 1. The highest BCUT2D eigenvalue weighted by Crippen LogP contribution is 2.20. The lowest BCUT2D eigenvalue weighted by molar-refractivity contribution is -0.137. The van der Waals surface area contributed by atoms with Gasteiger partial charge < -0.3 is 10.4 Å². The average molecular weight is 256 g/mol. The fourth-order valence-electron chi connectivity index (χ4n) is 1.29. The fourth-order valence-corrected chi connectivity index (χ4v) is 1.47. The van der Waals surface area contributed by atoms with E-state index in [1.54, 1.807) is 12.1 Å². The van der Waals surface area contributed by atoms with Gasteiger partial charge in [-0.05, 0) is 31.0 Å². The molecule has 0 aromatic heterocycles. The van der Waals surface area contributed by atoms with Gasteiger partial charge in [0.2, 0.25) is 5.91 Å². The normalized spacial score (nSPS) is 10.0. The van der Waals surface area contributed by atoms with Crippen LogP contribution in [0.25, 0.3) is 0 Å². The highest BCUT2D eigenvalue weighted by molar-refractivity contribution is 6.31. The maximum Gasteiger partial charge on any atom is 0.303 e. The van der Waals surface area contributed by atoms with Crippen molar-refractivity contribution in [3.05, 3.63) is 28.8 Å². The minimum Gasteiger partial charge on any atom is -0.481 e. The van der Waals surface area contributed by atoms with Crippen molar-refractivity contribution in [3.8, 4) is 0 Å². The van der Waals surface area contributed by atoms with Crippen molar-refractivity contribution >= 4 is 29.2 Å². The molecule has 4 nitrogen and oxygen atoms in total. The zero-order valence-electron chi connectivity index (χ0n) is 9.50. The summed E-state index contributed by atoms with van der Waals surface area (Å²) >= 11 is 5.91. The number of benzene rings is 1. The second kappa shape index (κ2) is 6.25. The summed E-state index contributed by atoms with van der Waals surface area (Å²) in [6, 6.07) is 5.25. The number of carbonyl (C=O) groups is 2. The Labute approximate surface area is 105 Å². The van der Waals surface area contributed by atoms with Crippen molar-refractivity contribution < 1.29 is 14.7 Å². The van der Waals surface area contributed by atoms with E-state index in [-0.39, 0.29) is 18.7 Å². The summed E-state index contributed by atoms with van der Waals surface area (Å²) in [5.74, 6) is -1.10. The molecule has 0 atom stereocenters. The van der Waals surface area contributed by atoms with Crippen LogP contribution in [0.15, 0.2) is 18.2 Å². The minimum absolute atomic E-state index is 0.00206. The van der Waals surface area contributed by atoms with Gasteiger partial charge in [0.05, 0.1) is 0 Å². The fraction of sp³-hybridized carbons (Fsp3) is 0.333. The molecule has 1 rings (SSSR count). The lowest BCUT2D eigenvalue weighted by Gasteiger charge is -2.06. The van der Waals surface area contributed by atoms with E-state index in [0.29, 0.717) is 17.1 Å². The topological polar surface area (TPSA) is 66.4 Å². The van der Waals surface area contributed by atoms with Crippen LogP contribution in [0.4, 0.5) is 5.69 Å². The lowest BCUT2D eigenvalue weighted by Crippen LogP contribution is -2.11. The Bertz CT molecular complexity index is 432. The Kier molecular flexibility index (Phi) is 4.97. The standard InChI is InChI=1S/C12H14ClNO3/c1-8-5-6-9(7-10(8)13)14-11(15)3-2-4-12(16)17/h5-7H,2-4H2,1H3,(H,14,15)(H,16,17). The Morgan fingerprint density at radius 2 is 2.06 bits per heavy atom. The predicted octanol–water partition coefficient (Wildman–Crippen LogP) is 2.84. The van der Waals surface area contributed by atoms with Gasteiger partial charge >= 0.3 is 5.97 Å². The third kappa shape index (κ3) is 4.87. The van der Waals surface area contributed by atoms with Gasteiger partial charge in [0.15, 0.2) is 0 Å². The molecular weight excluding hydrogens is 242 g/mol. The summed E-state index contributed by atoms with van der Waals surface area (Å²) < 4.78 is 0. The van der Waals surface area contributed by atoms with E-state index in [2.05, 4.69) is 5.32 Å². The second-order valence-electron chi connectivity index (χ2n) is 3.76. The number of hydrogen-bond donors (Lipinski definition) is 2. The molecular formula is C12H14ClNO3. The van der Waals surface area contributed by atoms with Gasteiger partial charge in [-0.1, -0.05) is 17.7 Å². The third-order valence-electron chi connectivity index (χ3n) is 2.25. The number of nitrogens with one attached hydrogen (secondary N) is 1. The SMILES string of the molecule is Cc1ccc(NC(=O)CCCC(=O)O)cc1Cl. The molecule has 92 valence electrons. The van der Waals surface area contributed by atoms with E-state index in [1.165, 1.54) is 0 Å². The molecule has 0 radical (unpaired) electrons. The van der Waals surface area contributed by atoms with E-state index < -0.39 is 5.97 Å². The van der Waals surface area contributed by atoms with Gasteiger partial charge in [0.1, 0.15) is 0 Å². The number of carboxylic acid groups (broad SMARTS) is 1. The molecule has 0 fully saturated rings. The molecule has 17 heavy (non-hydrogen) atoms. The highest BCUT2D eigenvalue weighted by atomic mass is 35.5. The number of anilines is 1. The molecule has 5 heteroatoms. The third-order valence-corrected chi connectivity index (χ3v) is 2.66. The largest absolute Gasteiger partial charge is 0.481 e. The van der Waals surface area contributed by atoms with Crippen LogP contribution in [0.3, 0.4) is 0 Å². The quantitative estimate of drug-likeness (QED) is 0.850. The smallest absolute Gasteiger partial charge is 0.303 e. The Hall–Kier alpha value is -1.55. The zero-order chi connectivity index (χ0) is 12.8. The number of hydrogen-bond acceptors (Lipinski definition) is 2. The van der Waals surface area contributed by atoms with Gasteiger partial charge in [-0.3, -0.25) is 9.59 Å². The van der Waals surface area contributed by atoms with Gasteiger partial charge in [-0.25, -0.2) is 0 Å². The van der Waals surface area contributed by atoms with Crippen LogP contribution in [0.5, 0.6) is 0 Å². The number of carboxylic acids is 1. The van der Waals surface area contributed by atoms with E-state index in [0.717, 1.165) is 5.56 Å². The zero-order valence-corrected chi connectivity index (χ0v) is 10.3. The van der Waals surface area contributed by atoms with Gasteiger partial charge in [-0.15, -0.1) is 0 Å². The van der Waals surface area contributed by atoms with Crippen LogP contribution >= 0.6 is 11.6 Å². The number of rotatable bonds is 5. The van der Waals surface area contributed by atoms with E-state index in [9.17, 15) is 9.59 Å². The van der Waals surface area contributed by atoms with Gasteiger partial charge in [0, 0.05) is 23.6 Å². The maximum absolute atomic E-state index is 11.4. The first-order valence-electron chi connectivity index (χ1n) is 5.27. The molecule has 1 aromatic rings. The predicted molar refractivity (Wildman–Crippen MR) is 66.3 cm³/mol. The summed E-state index contributed by atoms with van der Waals surface area (Å²) in [7, 11) is 0. The van der Waals surface area contributed by atoms with E-state index >= 15 is 0 Å². The molecule has 0 saturated carbocycles. The van der Waals surface area contributed by atoms with Crippen molar-refractivity contribution in [2.75, 3.05) is 5.32 Å². The number of aliphatic carboxylic acids is 1. The molecule has 0 aliphatic rings. The Balaban J connectivity index is 2.45. The molecule has 0 aliphatic heterocycles. The highest BCUT2D eigenvalue weighted by Gasteiger charge is 2.05. The van der Waals surface area contributed by atoms with Crippen molar-refractivity contribution in [3.63, 3.8) is 0 Å². The van der Waals surface area contributed by atoms with Crippen molar-refractivity contribution in [2.24, 2.45) is 0 Å². The summed E-state index contributed by atoms with van der Waals surface area (Å²) in [5.41, 5.74) is 1.57. The lowest BCUT2D eigenvalue weighted by atomic mass is 10.2. The van der Waals surface area contributed by atoms with Crippen LogP contribution in [-0.2, 0) is 9.59 Å². The first kappa shape index (κ1) is 13.5. The molecule has 0 bridgehead atoms. The van der Waals surface area contributed by atoms with Gasteiger partial charge in [-0.2, -0.15) is 0 Å². The Morgan fingerprint density at radius 1 is 1.35 bits per heavy atom. The number of amides is 1. The van der Waals surface area contributed by atoms with Crippen molar-refractivity contribution in [2.45, 2.75) is 26.2 Å². The molecule has 0 saturated heterocycles. The van der Waals surface area contributed by atoms with E-state index in [1.807, 2.05) is 13.0 Å². The van der Waals surface area contributed by atoms with Crippen molar-refractivity contribution in [1.82, 2.24) is 0 Å². The molecule has 1 amide bonds. The maximum atomic E-state index is 11.4. The van der Waals surface area contributed by atoms with Crippen LogP contribution in [0, 0.1) is 6.92 Å². The first-order chi connectivity index (χ1) is 7.99. The van der Waals surface area contributed by atoms with Crippen LogP contribution in [0.1, 0.15) is 24.8 Å².